The molecular weight excluding hydrogens is 777 g/mol. The van der Waals surface area contributed by atoms with Gasteiger partial charge in [-0.25, -0.2) is 14.3 Å². The van der Waals surface area contributed by atoms with E-state index in [0.29, 0.717) is 37.3 Å². The Morgan fingerprint density at radius 3 is 2.38 bits per heavy atom. The smallest absolute Gasteiger partial charge is 0.410 e. The van der Waals surface area contributed by atoms with Crippen molar-refractivity contribution in [2.45, 2.75) is 108 Å². The summed E-state index contributed by atoms with van der Waals surface area (Å²) in [7, 11) is -1.17. The van der Waals surface area contributed by atoms with E-state index in [2.05, 4.69) is 15.4 Å². The first-order valence-corrected chi connectivity index (χ1v) is 21.4. The number of carbonyl (C=O) groups excluding carboxylic acids is 5. The lowest BCUT2D eigenvalue weighted by Crippen LogP contribution is -2.59. The van der Waals surface area contributed by atoms with Gasteiger partial charge in [0.2, 0.25) is 11.8 Å². The van der Waals surface area contributed by atoms with E-state index in [0.717, 1.165) is 28.3 Å². The van der Waals surface area contributed by atoms with E-state index in [9.17, 15) is 32.4 Å². The zero-order valence-electron chi connectivity index (χ0n) is 33.9. The monoisotopic (exact) mass is 832 g/mol. The number of fused-ring (bicyclic) bond motifs is 3. The molecule has 5 amide bonds. The van der Waals surface area contributed by atoms with Gasteiger partial charge in [0.15, 0.2) is 11.5 Å². The highest BCUT2D eigenvalue weighted by molar-refractivity contribution is 7.87. The van der Waals surface area contributed by atoms with Crippen molar-refractivity contribution in [2.75, 3.05) is 53.6 Å². The van der Waals surface area contributed by atoms with Crippen LogP contribution < -0.4 is 24.8 Å². The topological polar surface area (TPSA) is 211 Å². The zero-order valence-corrected chi connectivity index (χ0v) is 34.7. The lowest BCUT2D eigenvalue weighted by atomic mass is 9.99. The summed E-state index contributed by atoms with van der Waals surface area (Å²) in [5, 5.41) is 5.52. The second-order valence-electron chi connectivity index (χ2n) is 16.4. The largest absolute Gasteiger partial charge is 0.493 e. The number of morpholine rings is 1. The molecule has 4 heterocycles. The molecule has 58 heavy (non-hydrogen) atoms. The molecule has 1 aromatic carbocycles. The van der Waals surface area contributed by atoms with Crippen LogP contribution in [0.3, 0.4) is 0 Å². The molecule has 0 aromatic heterocycles. The van der Waals surface area contributed by atoms with Crippen molar-refractivity contribution in [2.24, 2.45) is 5.92 Å². The molecule has 5 aliphatic rings. The van der Waals surface area contributed by atoms with Crippen LogP contribution >= 0.6 is 0 Å². The molecule has 3 N–H and O–H groups in total. The lowest BCUT2D eigenvalue weighted by molar-refractivity contribution is -0.141. The molecule has 6 rings (SSSR count). The standard InChI is InChI=1S/C39H56N6O12S/c1-38(2,3)57-36(49)40-29-12-10-8-6-7-9-11-27-22-39(27,35(48)42-58(51,52)44-15-17-55-18-16-44)41-33(46)30-21-28(24-45(30)34(29)47)56-37(50)43-14-13-25-19-31(53-4)32(54-5)20-26(25)23-43/h9,11,19-20,27-30H,6-8,10,12-18,21-24H2,1-5H3,(H,40,49)(H,41,46)(H,42,48)/b11-9-/t27-,28+,29-,30-,39+/m0/s1. The number of ether oxygens (including phenoxy) is 5. The predicted molar refractivity (Wildman–Crippen MR) is 208 cm³/mol. The Balaban J connectivity index is 1.25. The van der Waals surface area contributed by atoms with Crippen LogP contribution in [0.25, 0.3) is 0 Å². The van der Waals surface area contributed by atoms with Gasteiger partial charge < -0.3 is 44.1 Å². The Morgan fingerprint density at radius 1 is 0.983 bits per heavy atom. The van der Waals surface area contributed by atoms with Crippen LogP contribution in [-0.2, 0) is 51.8 Å². The van der Waals surface area contributed by atoms with Crippen molar-refractivity contribution in [3.8, 4) is 11.5 Å². The number of amides is 5. The summed E-state index contributed by atoms with van der Waals surface area (Å²) >= 11 is 0. The maximum absolute atomic E-state index is 14.5. The van der Waals surface area contributed by atoms with Gasteiger partial charge in [-0.15, -0.1) is 0 Å². The summed E-state index contributed by atoms with van der Waals surface area (Å²) in [6.07, 6.45) is 4.87. The van der Waals surface area contributed by atoms with Crippen molar-refractivity contribution in [3.63, 3.8) is 0 Å². The first-order valence-electron chi connectivity index (χ1n) is 19.9. The first-order chi connectivity index (χ1) is 27.5. The highest BCUT2D eigenvalue weighted by Gasteiger charge is 2.62. The molecule has 4 aliphatic heterocycles. The van der Waals surface area contributed by atoms with Gasteiger partial charge in [0, 0.05) is 38.5 Å². The molecule has 0 radical (unpaired) electrons. The minimum Gasteiger partial charge on any atom is -0.493 e. The number of nitrogens with one attached hydrogen (secondary N) is 3. The molecule has 1 aliphatic carbocycles. The summed E-state index contributed by atoms with van der Waals surface area (Å²) in [5.41, 5.74) is -0.595. The lowest BCUT2D eigenvalue weighted by Gasteiger charge is -2.31. The number of benzene rings is 1. The Labute approximate surface area is 339 Å². The Hall–Kier alpha value is -4.62. The number of hydrogen-bond acceptors (Lipinski definition) is 12. The van der Waals surface area contributed by atoms with Gasteiger partial charge in [-0.1, -0.05) is 25.0 Å². The summed E-state index contributed by atoms with van der Waals surface area (Å²) in [4.78, 5) is 72.3. The van der Waals surface area contributed by atoms with E-state index in [1.54, 1.807) is 27.9 Å². The van der Waals surface area contributed by atoms with Crippen molar-refractivity contribution in [3.05, 3.63) is 35.4 Å². The molecular formula is C39H56N6O12S. The van der Waals surface area contributed by atoms with Crippen molar-refractivity contribution >= 4 is 40.1 Å². The fourth-order valence-corrected chi connectivity index (χ4v) is 9.11. The highest BCUT2D eigenvalue weighted by atomic mass is 32.2. The Morgan fingerprint density at radius 2 is 1.69 bits per heavy atom. The molecule has 18 nitrogen and oxygen atoms in total. The molecule has 5 atom stereocenters. The van der Waals surface area contributed by atoms with E-state index in [1.165, 1.54) is 16.9 Å². The van der Waals surface area contributed by atoms with Crippen molar-refractivity contribution < 1.29 is 56.1 Å². The quantitative estimate of drug-likeness (QED) is 0.338. The number of rotatable bonds is 7. The molecule has 19 heteroatoms. The highest BCUT2D eigenvalue weighted by Crippen LogP contribution is 2.46. The van der Waals surface area contributed by atoms with Gasteiger partial charge in [0.25, 0.3) is 5.91 Å². The van der Waals surface area contributed by atoms with Gasteiger partial charge in [-0.05, 0) is 76.1 Å². The van der Waals surface area contributed by atoms with Crippen LogP contribution in [0.15, 0.2) is 24.3 Å². The number of alkyl carbamates (subject to hydrolysis) is 1. The average Bonchev–Trinajstić information content (AvgIpc) is 3.71. The van der Waals surface area contributed by atoms with E-state index in [-0.39, 0.29) is 58.7 Å². The average molecular weight is 833 g/mol. The van der Waals surface area contributed by atoms with E-state index >= 15 is 0 Å². The fourth-order valence-electron chi connectivity index (χ4n) is 7.93. The number of allylic oxidation sites excluding steroid dienone is 1. The normalized spacial score (nSPS) is 27.6. The maximum Gasteiger partial charge on any atom is 0.410 e. The molecule has 320 valence electrons. The van der Waals surface area contributed by atoms with Gasteiger partial charge in [-0.3, -0.25) is 14.4 Å². The van der Waals surface area contributed by atoms with Gasteiger partial charge in [0.1, 0.15) is 29.3 Å². The first kappa shape index (κ1) is 43.0. The Bertz CT molecular complexity index is 1880. The van der Waals surface area contributed by atoms with Crippen LogP contribution in [0, 0.1) is 5.92 Å². The number of methoxy groups -OCH3 is 2. The minimum atomic E-state index is -4.26. The maximum atomic E-state index is 14.5. The minimum absolute atomic E-state index is 0.0654. The summed E-state index contributed by atoms with van der Waals surface area (Å²) in [5.74, 6) is -1.60. The van der Waals surface area contributed by atoms with Crippen molar-refractivity contribution in [1.29, 1.82) is 0 Å². The van der Waals surface area contributed by atoms with Crippen LogP contribution in [0.5, 0.6) is 11.5 Å². The molecule has 1 saturated carbocycles. The Kier molecular flexibility index (Phi) is 13.1. The van der Waals surface area contributed by atoms with E-state index in [1.807, 2.05) is 24.3 Å². The van der Waals surface area contributed by atoms with Crippen molar-refractivity contribution in [1.82, 2.24) is 29.5 Å². The number of hydrogen-bond donors (Lipinski definition) is 3. The van der Waals surface area contributed by atoms with Gasteiger partial charge in [0.05, 0.1) is 34.0 Å². The number of carbonyl (C=O) groups is 5. The van der Waals surface area contributed by atoms with Crippen LogP contribution in [0.4, 0.5) is 9.59 Å². The zero-order chi connectivity index (χ0) is 41.8. The van der Waals surface area contributed by atoms with E-state index < -0.39 is 75.4 Å². The third-order valence-electron chi connectivity index (χ3n) is 11.1. The van der Waals surface area contributed by atoms with Gasteiger partial charge in [-0.2, -0.15) is 12.7 Å². The summed E-state index contributed by atoms with van der Waals surface area (Å²) in [6, 6.07) is 1.40. The molecule has 1 aromatic rings. The number of nitrogens with zero attached hydrogens (tertiary/aromatic N) is 3. The van der Waals surface area contributed by atoms with E-state index in [4.69, 9.17) is 23.7 Å². The molecule has 3 fully saturated rings. The van der Waals surface area contributed by atoms with Crippen LogP contribution in [-0.4, -0.2) is 135 Å². The molecule has 2 saturated heterocycles. The third-order valence-corrected chi connectivity index (χ3v) is 12.6. The van der Waals surface area contributed by atoms with Crippen LogP contribution in [0.2, 0.25) is 0 Å². The molecule has 0 spiro atoms. The second kappa shape index (κ2) is 17.7. The molecule has 0 bridgehead atoms. The third kappa shape index (κ3) is 9.97. The van der Waals surface area contributed by atoms with Crippen LogP contribution in [0.1, 0.15) is 76.8 Å². The second-order valence-corrected chi connectivity index (χ2v) is 18.0. The SMILES string of the molecule is COc1cc2c(cc1OC)CN(C(=O)O[C@@H]1C[C@H]3C(=O)N[C@]4(C(=O)NS(=O)(=O)N5CCOCC5)C[C@@H]4/C=C\CCCCC[C@H](NC(=O)OC(C)(C)C)C(=O)N3C1)CC2. The predicted octanol–water partition coefficient (Wildman–Crippen LogP) is 2.15. The van der Waals surface area contributed by atoms with Gasteiger partial charge >= 0.3 is 22.4 Å². The molecule has 0 unspecified atom stereocenters. The summed E-state index contributed by atoms with van der Waals surface area (Å²) in [6.45, 7) is 6.01. The summed E-state index contributed by atoms with van der Waals surface area (Å²) < 4.78 is 57.5. The fraction of sp³-hybridized carbons (Fsp3) is 0.667.